The number of benzene rings is 3. The molecule has 5 amide bonds. The van der Waals surface area contributed by atoms with Gasteiger partial charge in [0.2, 0.25) is 22.8 Å². The quantitative estimate of drug-likeness (QED) is 0.166. The van der Waals surface area contributed by atoms with E-state index in [1.54, 1.807) is 36.2 Å². The Hall–Kier alpha value is -4.81. The number of fused-ring (bicyclic) bond motifs is 1. The zero-order valence-electron chi connectivity index (χ0n) is 31.5. The van der Waals surface area contributed by atoms with Gasteiger partial charge in [0.1, 0.15) is 12.1 Å². The molecule has 3 aliphatic heterocycles. The summed E-state index contributed by atoms with van der Waals surface area (Å²) >= 11 is 1.00. The highest BCUT2D eigenvalue weighted by Crippen LogP contribution is 2.31. The maximum atomic E-state index is 14.6. The van der Waals surface area contributed by atoms with E-state index in [0.29, 0.717) is 56.2 Å². The van der Waals surface area contributed by atoms with Gasteiger partial charge in [-0.3, -0.25) is 38.6 Å². The van der Waals surface area contributed by atoms with Crippen LogP contribution in [0.15, 0.2) is 84.9 Å². The van der Waals surface area contributed by atoms with Crippen LogP contribution in [0, 0.1) is 0 Å². The fraction of sp³-hybridized carbons (Fsp3) is 0.442. The molecule has 2 fully saturated rings. The summed E-state index contributed by atoms with van der Waals surface area (Å²) in [5.41, 5.74) is 2.74. The Kier molecular flexibility index (Phi) is 13.9. The van der Waals surface area contributed by atoms with Crippen molar-refractivity contribution in [2.75, 3.05) is 39.8 Å². The van der Waals surface area contributed by atoms with E-state index in [0.717, 1.165) is 55.2 Å². The molecular weight excluding hydrogens is 715 g/mol. The lowest BCUT2D eigenvalue weighted by Gasteiger charge is -2.32. The lowest BCUT2D eigenvalue weighted by atomic mass is 9.90. The number of nitrogens with one attached hydrogen (secondary N) is 2. The van der Waals surface area contributed by atoms with Crippen LogP contribution in [-0.2, 0) is 25.6 Å². The second kappa shape index (κ2) is 19.2. The molecule has 3 aliphatic rings. The van der Waals surface area contributed by atoms with Gasteiger partial charge >= 0.3 is 0 Å². The van der Waals surface area contributed by atoms with Crippen LogP contribution in [0.4, 0.5) is 0 Å². The standard InChI is InChI=1S/C43H51N5O6S/c1-44-39(50)36(27-30-15-5-2-6-16-30)47-26-22-32(31-17-7-3-8-18-31)28-35(43(47)54)45-40(51)37(55-38(49)29-46-23-12-4-13-24-46)21-11-14-25-48-41(52)33-19-9-10-20-34(33)42(48)53/h2-3,5-10,15-20,32,35-37H,4,11-14,21-29H2,1H3,(H,44,50)(H,45,51). The first-order valence-corrected chi connectivity index (χ1v) is 20.4. The number of hydrogen-bond acceptors (Lipinski definition) is 8. The summed E-state index contributed by atoms with van der Waals surface area (Å²) in [7, 11) is 1.56. The van der Waals surface area contributed by atoms with Crippen LogP contribution >= 0.6 is 11.8 Å². The summed E-state index contributed by atoms with van der Waals surface area (Å²) in [5.74, 6) is -1.74. The van der Waals surface area contributed by atoms with Crippen molar-refractivity contribution in [3.8, 4) is 0 Å². The maximum absolute atomic E-state index is 14.6. The van der Waals surface area contributed by atoms with E-state index >= 15 is 0 Å². The summed E-state index contributed by atoms with van der Waals surface area (Å²) in [5, 5.41) is 4.90. The normalized spacial score (nSPS) is 20.1. The largest absolute Gasteiger partial charge is 0.357 e. The van der Waals surface area contributed by atoms with Crippen LogP contribution in [0.5, 0.6) is 0 Å². The molecule has 0 bridgehead atoms. The van der Waals surface area contributed by atoms with Gasteiger partial charge < -0.3 is 15.5 Å². The third kappa shape index (κ3) is 10.1. The minimum Gasteiger partial charge on any atom is -0.357 e. The highest BCUT2D eigenvalue weighted by molar-refractivity contribution is 8.14. The van der Waals surface area contributed by atoms with Gasteiger partial charge in [0.25, 0.3) is 11.8 Å². The highest BCUT2D eigenvalue weighted by atomic mass is 32.2. The van der Waals surface area contributed by atoms with E-state index in [4.69, 9.17) is 0 Å². The van der Waals surface area contributed by atoms with Crippen molar-refractivity contribution in [1.82, 2.24) is 25.3 Å². The topological polar surface area (TPSA) is 136 Å². The van der Waals surface area contributed by atoms with Crippen molar-refractivity contribution in [3.05, 3.63) is 107 Å². The van der Waals surface area contributed by atoms with E-state index in [1.807, 2.05) is 60.7 Å². The van der Waals surface area contributed by atoms with Crippen molar-refractivity contribution >= 4 is 46.4 Å². The number of rotatable bonds is 15. The number of thioether (sulfide) groups is 1. The Morgan fingerprint density at radius 1 is 0.782 bits per heavy atom. The molecule has 0 spiro atoms. The molecule has 0 saturated carbocycles. The number of hydrogen-bond donors (Lipinski definition) is 2. The van der Waals surface area contributed by atoms with Crippen LogP contribution in [0.1, 0.15) is 89.1 Å². The van der Waals surface area contributed by atoms with Crippen molar-refractivity contribution in [1.29, 1.82) is 0 Å². The van der Waals surface area contributed by atoms with Crippen LogP contribution < -0.4 is 10.6 Å². The molecule has 2 saturated heterocycles. The average molecular weight is 766 g/mol. The number of imide groups is 1. The molecule has 3 heterocycles. The van der Waals surface area contributed by atoms with E-state index < -0.39 is 23.2 Å². The summed E-state index contributed by atoms with van der Waals surface area (Å²) < 4.78 is 0. The molecule has 290 valence electrons. The number of likely N-dealkylation sites (tertiary alicyclic amines) is 2. The third-order valence-corrected chi connectivity index (χ3v) is 12.1. The Labute approximate surface area is 327 Å². The summed E-state index contributed by atoms with van der Waals surface area (Å²) in [6, 6.07) is 24.5. The van der Waals surface area contributed by atoms with Gasteiger partial charge in [-0.05, 0) is 80.8 Å². The second-order valence-electron chi connectivity index (χ2n) is 14.7. The molecule has 4 atom stereocenters. The number of carbonyl (C=O) groups excluding carboxylic acids is 6. The summed E-state index contributed by atoms with van der Waals surface area (Å²) in [6.45, 7) is 2.45. The van der Waals surface area contributed by atoms with Crippen molar-refractivity contribution in [3.63, 3.8) is 0 Å². The van der Waals surface area contributed by atoms with Gasteiger partial charge in [-0.2, -0.15) is 0 Å². The van der Waals surface area contributed by atoms with Gasteiger partial charge in [-0.25, -0.2) is 0 Å². The monoisotopic (exact) mass is 765 g/mol. The molecular formula is C43H51N5O6S. The van der Waals surface area contributed by atoms with Gasteiger partial charge in [0.05, 0.1) is 22.9 Å². The Morgan fingerprint density at radius 2 is 1.42 bits per heavy atom. The highest BCUT2D eigenvalue weighted by Gasteiger charge is 2.40. The van der Waals surface area contributed by atoms with Crippen LogP contribution in [0.3, 0.4) is 0 Å². The number of likely N-dealkylation sites (N-methyl/N-ethyl adjacent to an activating group) is 1. The minimum absolute atomic E-state index is 0.0611. The van der Waals surface area contributed by atoms with Crippen LogP contribution in [0.2, 0.25) is 0 Å². The molecule has 3 aromatic carbocycles. The molecule has 0 aromatic heterocycles. The maximum Gasteiger partial charge on any atom is 0.261 e. The molecule has 11 nitrogen and oxygen atoms in total. The van der Waals surface area contributed by atoms with Crippen LogP contribution in [-0.4, -0.2) is 106 Å². The van der Waals surface area contributed by atoms with E-state index in [1.165, 1.54) is 4.90 Å². The molecule has 12 heteroatoms. The molecule has 55 heavy (non-hydrogen) atoms. The molecule has 0 radical (unpaired) electrons. The van der Waals surface area contributed by atoms with E-state index in [9.17, 15) is 28.8 Å². The molecule has 6 rings (SSSR count). The number of piperidine rings is 1. The number of carbonyl (C=O) groups is 6. The first kappa shape index (κ1) is 39.9. The first-order chi connectivity index (χ1) is 26.7. The van der Waals surface area contributed by atoms with Crippen molar-refractivity contribution < 1.29 is 28.8 Å². The Balaban J connectivity index is 1.19. The molecule has 4 unspecified atom stereocenters. The number of amides is 5. The average Bonchev–Trinajstić information content (AvgIpc) is 3.34. The fourth-order valence-corrected chi connectivity index (χ4v) is 9.00. The Morgan fingerprint density at radius 3 is 2.07 bits per heavy atom. The third-order valence-electron chi connectivity index (χ3n) is 10.9. The zero-order valence-corrected chi connectivity index (χ0v) is 32.3. The lowest BCUT2D eigenvalue weighted by molar-refractivity contribution is -0.142. The predicted octanol–water partition coefficient (Wildman–Crippen LogP) is 4.82. The van der Waals surface area contributed by atoms with Gasteiger partial charge in [0.15, 0.2) is 0 Å². The summed E-state index contributed by atoms with van der Waals surface area (Å²) in [4.78, 5) is 86.7. The lowest BCUT2D eigenvalue weighted by Crippen LogP contribution is -2.56. The van der Waals surface area contributed by atoms with Gasteiger partial charge in [-0.1, -0.05) is 97.4 Å². The van der Waals surface area contributed by atoms with E-state index in [-0.39, 0.29) is 47.8 Å². The molecule has 3 aromatic rings. The second-order valence-corrected chi connectivity index (χ2v) is 15.9. The van der Waals surface area contributed by atoms with Crippen molar-refractivity contribution in [2.24, 2.45) is 0 Å². The number of unbranched alkanes of at least 4 members (excludes halogenated alkanes) is 1. The van der Waals surface area contributed by atoms with Crippen molar-refractivity contribution in [2.45, 2.75) is 81.0 Å². The fourth-order valence-electron chi connectivity index (χ4n) is 7.96. The van der Waals surface area contributed by atoms with Crippen LogP contribution in [0.25, 0.3) is 0 Å². The van der Waals surface area contributed by atoms with E-state index in [2.05, 4.69) is 15.5 Å². The van der Waals surface area contributed by atoms with Gasteiger partial charge in [0, 0.05) is 26.6 Å². The summed E-state index contributed by atoms with van der Waals surface area (Å²) in [6.07, 6.45) is 5.71. The Bertz CT molecular complexity index is 1800. The SMILES string of the molecule is CNC(=O)C(Cc1ccccc1)N1CCC(c2ccccc2)CC(NC(=O)C(CCCCN2C(=O)c3ccccc3C2=O)SC(=O)CN2CCCCC2)C1=O. The first-order valence-electron chi connectivity index (χ1n) is 19.5. The zero-order chi connectivity index (χ0) is 38.7. The smallest absolute Gasteiger partial charge is 0.261 e. The molecule has 0 aliphatic carbocycles. The van der Waals surface area contributed by atoms with Gasteiger partial charge in [-0.15, -0.1) is 0 Å². The predicted molar refractivity (Wildman–Crippen MR) is 212 cm³/mol. The molecule has 2 N–H and O–H groups in total. The number of nitrogens with zero attached hydrogens (tertiary/aromatic N) is 3. The minimum atomic E-state index is -0.929.